The highest BCUT2D eigenvalue weighted by Crippen LogP contribution is 2.36. The zero-order valence-corrected chi connectivity index (χ0v) is 16.4. The Kier molecular flexibility index (Phi) is 7.15. The van der Waals surface area contributed by atoms with Gasteiger partial charge in [-0.05, 0) is 58.8 Å². The van der Waals surface area contributed by atoms with Crippen LogP contribution in [0.2, 0.25) is 5.02 Å². The number of methoxy groups -OCH3 is 1. The predicted molar refractivity (Wildman–Crippen MR) is 102 cm³/mol. The minimum Gasteiger partial charge on any atom is -0.493 e. The molecule has 1 aromatic heterocycles. The molecular weight excluding hydrogens is 414 g/mol. The standard InChI is InChI=1S/C17H17BrClNO3S/c1-3-23-17-13(19)8-11(9-14(17)22-2)10-20-16(21)7-5-12-4-6-15(18)24-12/h4-9H,3,10H2,1-2H3,(H,20,21). The van der Waals surface area contributed by atoms with E-state index in [-0.39, 0.29) is 5.91 Å². The SMILES string of the molecule is CCOc1c(Cl)cc(CNC(=O)C=Cc2ccc(Br)s2)cc1OC. The molecule has 1 aromatic carbocycles. The monoisotopic (exact) mass is 429 g/mol. The quantitative estimate of drug-likeness (QED) is 0.636. The second-order valence-electron chi connectivity index (χ2n) is 4.74. The van der Waals surface area contributed by atoms with Gasteiger partial charge in [0.15, 0.2) is 11.5 Å². The number of hydrogen-bond acceptors (Lipinski definition) is 4. The van der Waals surface area contributed by atoms with E-state index in [0.29, 0.717) is 29.7 Å². The maximum Gasteiger partial charge on any atom is 0.244 e. The molecule has 2 aromatic rings. The first kappa shape index (κ1) is 18.8. The summed E-state index contributed by atoms with van der Waals surface area (Å²) in [6, 6.07) is 7.44. The van der Waals surface area contributed by atoms with E-state index < -0.39 is 0 Å². The zero-order chi connectivity index (χ0) is 17.5. The summed E-state index contributed by atoms with van der Waals surface area (Å²) in [4.78, 5) is 12.9. The van der Waals surface area contributed by atoms with Gasteiger partial charge in [0, 0.05) is 17.5 Å². The van der Waals surface area contributed by atoms with Gasteiger partial charge in [0.05, 0.1) is 22.5 Å². The molecule has 0 bridgehead atoms. The fourth-order valence-electron chi connectivity index (χ4n) is 1.98. The average Bonchev–Trinajstić information content (AvgIpc) is 2.98. The van der Waals surface area contributed by atoms with Gasteiger partial charge in [-0.1, -0.05) is 11.6 Å². The molecule has 24 heavy (non-hydrogen) atoms. The number of ether oxygens (including phenoxy) is 2. The molecule has 0 aliphatic carbocycles. The van der Waals surface area contributed by atoms with E-state index in [1.807, 2.05) is 19.1 Å². The molecule has 2 rings (SSSR count). The second-order valence-corrected chi connectivity index (χ2v) is 7.64. The van der Waals surface area contributed by atoms with E-state index in [0.717, 1.165) is 14.2 Å². The third kappa shape index (κ3) is 5.26. The van der Waals surface area contributed by atoms with Crippen LogP contribution in [0.3, 0.4) is 0 Å². The molecule has 0 saturated carbocycles. The summed E-state index contributed by atoms with van der Waals surface area (Å²) in [7, 11) is 1.55. The molecule has 1 amide bonds. The zero-order valence-electron chi connectivity index (χ0n) is 13.3. The molecule has 0 unspecified atom stereocenters. The van der Waals surface area contributed by atoms with Gasteiger partial charge in [0.25, 0.3) is 0 Å². The third-order valence-corrected chi connectivity index (χ3v) is 4.91. The fraction of sp³-hybridized carbons (Fsp3) is 0.235. The Hall–Kier alpha value is -1.50. The number of halogens is 2. The molecule has 0 radical (unpaired) electrons. The first-order valence-electron chi connectivity index (χ1n) is 7.24. The molecular formula is C17H17BrClNO3S. The summed E-state index contributed by atoms with van der Waals surface area (Å²) in [5.41, 5.74) is 0.834. The van der Waals surface area contributed by atoms with Crippen LogP contribution < -0.4 is 14.8 Å². The summed E-state index contributed by atoms with van der Waals surface area (Å²) >= 11 is 11.2. The van der Waals surface area contributed by atoms with Crippen LogP contribution in [0.25, 0.3) is 6.08 Å². The normalized spacial score (nSPS) is 10.8. The van der Waals surface area contributed by atoms with Crippen molar-refractivity contribution >= 4 is 50.9 Å². The summed E-state index contributed by atoms with van der Waals surface area (Å²) < 4.78 is 11.8. The van der Waals surface area contributed by atoms with Crippen LogP contribution in [-0.2, 0) is 11.3 Å². The Morgan fingerprint density at radius 2 is 2.21 bits per heavy atom. The van der Waals surface area contributed by atoms with E-state index in [1.54, 1.807) is 36.7 Å². The molecule has 0 spiro atoms. The molecule has 7 heteroatoms. The minimum absolute atomic E-state index is 0.177. The van der Waals surface area contributed by atoms with E-state index >= 15 is 0 Å². The number of carbonyl (C=O) groups is 1. The highest BCUT2D eigenvalue weighted by Gasteiger charge is 2.11. The van der Waals surface area contributed by atoms with Crippen LogP contribution in [-0.4, -0.2) is 19.6 Å². The number of rotatable bonds is 7. The summed E-state index contributed by atoms with van der Waals surface area (Å²) in [6.45, 7) is 2.72. The first-order valence-corrected chi connectivity index (χ1v) is 9.22. The van der Waals surface area contributed by atoms with Crippen molar-refractivity contribution in [3.8, 4) is 11.5 Å². The molecule has 128 valence electrons. The van der Waals surface area contributed by atoms with Gasteiger partial charge in [-0.3, -0.25) is 4.79 Å². The first-order chi connectivity index (χ1) is 11.5. The van der Waals surface area contributed by atoms with Gasteiger partial charge in [0.1, 0.15) is 0 Å². The number of amides is 1. The maximum absolute atomic E-state index is 11.9. The van der Waals surface area contributed by atoms with Gasteiger partial charge in [-0.15, -0.1) is 11.3 Å². The van der Waals surface area contributed by atoms with Crippen molar-refractivity contribution in [3.05, 3.63) is 49.6 Å². The Morgan fingerprint density at radius 1 is 1.42 bits per heavy atom. The smallest absolute Gasteiger partial charge is 0.244 e. The van der Waals surface area contributed by atoms with Gasteiger partial charge >= 0.3 is 0 Å². The lowest BCUT2D eigenvalue weighted by Gasteiger charge is -2.13. The van der Waals surface area contributed by atoms with Crippen LogP contribution >= 0.6 is 38.9 Å². The Morgan fingerprint density at radius 3 is 2.83 bits per heavy atom. The second kappa shape index (κ2) is 9.11. The van der Waals surface area contributed by atoms with E-state index in [9.17, 15) is 4.79 Å². The van der Waals surface area contributed by atoms with Gasteiger partial charge in [0.2, 0.25) is 5.91 Å². The van der Waals surface area contributed by atoms with E-state index in [4.69, 9.17) is 21.1 Å². The molecule has 0 aliphatic rings. The van der Waals surface area contributed by atoms with Crippen molar-refractivity contribution in [1.82, 2.24) is 5.32 Å². The molecule has 1 N–H and O–H groups in total. The third-order valence-electron chi connectivity index (χ3n) is 3.04. The maximum atomic E-state index is 11.9. The number of hydrogen-bond donors (Lipinski definition) is 1. The Balaban J connectivity index is 1.99. The Bertz CT molecular complexity index is 745. The molecule has 0 fully saturated rings. The van der Waals surface area contributed by atoms with Crippen molar-refractivity contribution in [1.29, 1.82) is 0 Å². The molecule has 0 saturated heterocycles. The molecule has 0 atom stereocenters. The lowest BCUT2D eigenvalue weighted by molar-refractivity contribution is -0.116. The topological polar surface area (TPSA) is 47.6 Å². The number of nitrogens with one attached hydrogen (secondary N) is 1. The molecule has 0 aliphatic heterocycles. The lowest BCUT2D eigenvalue weighted by atomic mass is 10.2. The van der Waals surface area contributed by atoms with Crippen molar-refractivity contribution < 1.29 is 14.3 Å². The van der Waals surface area contributed by atoms with Crippen molar-refractivity contribution in [2.75, 3.05) is 13.7 Å². The van der Waals surface area contributed by atoms with Crippen LogP contribution in [0.1, 0.15) is 17.4 Å². The van der Waals surface area contributed by atoms with Gasteiger partial charge in [-0.25, -0.2) is 0 Å². The largest absolute Gasteiger partial charge is 0.493 e. The van der Waals surface area contributed by atoms with Gasteiger partial charge < -0.3 is 14.8 Å². The molecule has 4 nitrogen and oxygen atoms in total. The fourth-order valence-corrected chi connectivity index (χ4v) is 3.60. The Labute approximate surface area is 158 Å². The van der Waals surface area contributed by atoms with Crippen LogP contribution in [0, 0.1) is 0 Å². The van der Waals surface area contributed by atoms with Crippen molar-refractivity contribution in [2.24, 2.45) is 0 Å². The summed E-state index contributed by atoms with van der Waals surface area (Å²) in [6.07, 6.45) is 3.28. The highest BCUT2D eigenvalue weighted by molar-refractivity contribution is 9.11. The minimum atomic E-state index is -0.177. The van der Waals surface area contributed by atoms with Crippen LogP contribution in [0.4, 0.5) is 0 Å². The average molecular weight is 431 g/mol. The predicted octanol–water partition coefficient (Wildman–Crippen LogP) is 4.90. The van der Waals surface area contributed by atoms with E-state index in [1.165, 1.54) is 6.08 Å². The number of thiophene rings is 1. The molecule has 1 heterocycles. The van der Waals surface area contributed by atoms with E-state index in [2.05, 4.69) is 21.2 Å². The summed E-state index contributed by atoms with van der Waals surface area (Å²) in [5.74, 6) is 0.885. The lowest BCUT2D eigenvalue weighted by Crippen LogP contribution is -2.20. The number of carbonyl (C=O) groups excluding carboxylic acids is 1. The van der Waals surface area contributed by atoms with Crippen molar-refractivity contribution in [2.45, 2.75) is 13.5 Å². The van der Waals surface area contributed by atoms with Gasteiger partial charge in [-0.2, -0.15) is 0 Å². The highest BCUT2D eigenvalue weighted by atomic mass is 79.9. The van der Waals surface area contributed by atoms with Crippen molar-refractivity contribution in [3.63, 3.8) is 0 Å². The summed E-state index contributed by atoms with van der Waals surface area (Å²) in [5, 5.41) is 3.28. The van der Waals surface area contributed by atoms with Crippen LogP contribution in [0.15, 0.2) is 34.1 Å². The number of benzene rings is 1. The van der Waals surface area contributed by atoms with Crippen LogP contribution in [0.5, 0.6) is 11.5 Å².